The molecule has 0 radical (unpaired) electrons. The van der Waals surface area contributed by atoms with E-state index in [1.807, 2.05) is 12.1 Å². The van der Waals surface area contributed by atoms with E-state index in [0.29, 0.717) is 0 Å². The summed E-state index contributed by atoms with van der Waals surface area (Å²) in [4.78, 5) is 0. The Morgan fingerprint density at radius 2 is 2.36 bits per heavy atom. The summed E-state index contributed by atoms with van der Waals surface area (Å²) in [6, 6.07) is 4.76. The average Bonchev–Trinajstić information content (AvgIpc) is 2.91. The highest BCUT2D eigenvalue weighted by molar-refractivity contribution is 5.00. The summed E-state index contributed by atoms with van der Waals surface area (Å²) in [5, 5.41) is 3.62. The molecule has 76 valence electrons. The zero-order valence-electron chi connectivity index (χ0n) is 8.41. The number of nitrogens with one attached hydrogen (secondary N) is 1. The van der Waals surface area contributed by atoms with Crippen LogP contribution in [0.25, 0.3) is 0 Å². The van der Waals surface area contributed by atoms with Gasteiger partial charge in [0.15, 0.2) is 0 Å². The van der Waals surface area contributed by atoms with Gasteiger partial charge in [0, 0.05) is 6.04 Å². The zero-order valence-corrected chi connectivity index (χ0v) is 8.41. The number of fused-ring (bicyclic) bond motifs is 2. The maximum Gasteiger partial charge on any atom is 0.117 e. The Balaban J connectivity index is 1.54. The second-order valence-electron chi connectivity index (χ2n) is 4.74. The summed E-state index contributed by atoms with van der Waals surface area (Å²) in [7, 11) is 0. The number of hydrogen-bond donors (Lipinski definition) is 1. The highest BCUT2D eigenvalue weighted by Gasteiger charge is 2.38. The highest BCUT2D eigenvalue weighted by Crippen LogP contribution is 2.44. The largest absolute Gasteiger partial charge is 0.468 e. The van der Waals surface area contributed by atoms with E-state index in [1.165, 1.54) is 25.7 Å². The van der Waals surface area contributed by atoms with Crippen molar-refractivity contribution >= 4 is 0 Å². The fourth-order valence-corrected chi connectivity index (χ4v) is 3.14. The average molecular weight is 191 g/mol. The van der Waals surface area contributed by atoms with Gasteiger partial charge in [0.25, 0.3) is 0 Å². The number of furan rings is 1. The number of rotatable bonds is 3. The SMILES string of the molecule is c1coc(CNC2CC3CCC2C3)c1. The molecule has 3 rings (SSSR count). The minimum Gasteiger partial charge on any atom is -0.468 e. The summed E-state index contributed by atoms with van der Waals surface area (Å²) in [6.07, 6.45) is 7.53. The standard InChI is InChI=1S/C12H17NO/c1-2-11(14-5-1)8-13-12-7-9-3-4-10(12)6-9/h1-2,5,9-10,12-13H,3-4,6-8H2. The first-order valence-electron chi connectivity index (χ1n) is 5.67. The zero-order chi connectivity index (χ0) is 9.38. The van der Waals surface area contributed by atoms with Gasteiger partial charge in [-0.1, -0.05) is 6.42 Å². The Bertz CT molecular complexity index is 293. The fraction of sp³-hybridized carbons (Fsp3) is 0.667. The van der Waals surface area contributed by atoms with E-state index in [4.69, 9.17) is 4.42 Å². The summed E-state index contributed by atoms with van der Waals surface area (Å²) < 4.78 is 5.31. The first kappa shape index (κ1) is 8.54. The van der Waals surface area contributed by atoms with E-state index in [9.17, 15) is 0 Å². The second-order valence-corrected chi connectivity index (χ2v) is 4.74. The van der Waals surface area contributed by atoms with Crippen LogP contribution in [0.4, 0.5) is 0 Å². The van der Waals surface area contributed by atoms with Crippen molar-refractivity contribution in [1.82, 2.24) is 5.32 Å². The number of hydrogen-bond acceptors (Lipinski definition) is 2. The Morgan fingerprint density at radius 1 is 1.36 bits per heavy atom. The molecule has 2 aliphatic rings. The van der Waals surface area contributed by atoms with Gasteiger partial charge in [-0.15, -0.1) is 0 Å². The second kappa shape index (κ2) is 3.43. The monoisotopic (exact) mass is 191 g/mol. The molecule has 2 saturated carbocycles. The van der Waals surface area contributed by atoms with Crippen LogP contribution in [0.5, 0.6) is 0 Å². The van der Waals surface area contributed by atoms with Crippen molar-refractivity contribution in [3.05, 3.63) is 24.2 Å². The van der Waals surface area contributed by atoms with Crippen LogP contribution in [0.1, 0.15) is 31.4 Å². The van der Waals surface area contributed by atoms with Gasteiger partial charge in [0.2, 0.25) is 0 Å². The summed E-state index contributed by atoms with van der Waals surface area (Å²) >= 11 is 0. The molecule has 14 heavy (non-hydrogen) atoms. The van der Waals surface area contributed by atoms with Crippen LogP contribution in [0.15, 0.2) is 22.8 Å². The molecule has 0 aromatic carbocycles. The van der Waals surface area contributed by atoms with Crippen molar-refractivity contribution in [3.63, 3.8) is 0 Å². The van der Waals surface area contributed by atoms with Crippen molar-refractivity contribution in [3.8, 4) is 0 Å². The minimum absolute atomic E-state index is 0.763. The molecule has 2 heteroatoms. The molecule has 3 atom stereocenters. The Hall–Kier alpha value is -0.760. The summed E-state index contributed by atoms with van der Waals surface area (Å²) in [5.41, 5.74) is 0. The predicted molar refractivity (Wildman–Crippen MR) is 54.8 cm³/mol. The first-order valence-corrected chi connectivity index (χ1v) is 5.67. The van der Waals surface area contributed by atoms with Crippen molar-refractivity contribution < 1.29 is 4.42 Å². The van der Waals surface area contributed by atoms with Crippen LogP contribution >= 0.6 is 0 Å². The van der Waals surface area contributed by atoms with Crippen LogP contribution in [-0.4, -0.2) is 6.04 Å². The molecule has 3 unspecified atom stereocenters. The van der Waals surface area contributed by atoms with Crippen molar-refractivity contribution in [2.75, 3.05) is 0 Å². The molecule has 1 heterocycles. The van der Waals surface area contributed by atoms with E-state index in [2.05, 4.69) is 5.32 Å². The highest BCUT2D eigenvalue weighted by atomic mass is 16.3. The van der Waals surface area contributed by atoms with Crippen LogP contribution in [0, 0.1) is 11.8 Å². The lowest BCUT2D eigenvalue weighted by molar-refractivity contribution is 0.337. The molecule has 0 saturated heterocycles. The van der Waals surface area contributed by atoms with Gasteiger partial charge in [-0.2, -0.15) is 0 Å². The molecule has 2 fully saturated rings. The lowest BCUT2D eigenvalue weighted by atomic mass is 9.95. The van der Waals surface area contributed by atoms with Gasteiger partial charge in [0.05, 0.1) is 12.8 Å². The van der Waals surface area contributed by atoms with E-state index < -0.39 is 0 Å². The normalized spacial score (nSPS) is 35.3. The molecule has 2 aliphatic carbocycles. The maximum absolute atomic E-state index is 5.31. The summed E-state index contributed by atoms with van der Waals surface area (Å²) in [6.45, 7) is 0.904. The molecule has 0 amide bonds. The fourth-order valence-electron chi connectivity index (χ4n) is 3.14. The van der Waals surface area contributed by atoms with Gasteiger partial charge >= 0.3 is 0 Å². The van der Waals surface area contributed by atoms with Gasteiger partial charge in [-0.05, 0) is 43.2 Å². The van der Waals surface area contributed by atoms with Gasteiger partial charge in [-0.3, -0.25) is 0 Å². The van der Waals surface area contributed by atoms with Crippen LogP contribution in [0.3, 0.4) is 0 Å². The van der Waals surface area contributed by atoms with Crippen molar-refractivity contribution in [2.24, 2.45) is 11.8 Å². The van der Waals surface area contributed by atoms with Gasteiger partial charge in [-0.25, -0.2) is 0 Å². The third-order valence-corrected chi connectivity index (χ3v) is 3.86. The van der Waals surface area contributed by atoms with E-state index in [-0.39, 0.29) is 0 Å². The maximum atomic E-state index is 5.31. The van der Waals surface area contributed by atoms with Crippen molar-refractivity contribution in [1.29, 1.82) is 0 Å². The first-order chi connectivity index (χ1) is 6.92. The smallest absolute Gasteiger partial charge is 0.117 e. The molecule has 1 aromatic heterocycles. The molecule has 0 aliphatic heterocycles. The minimum atomic E-state index is 0.763. The van der Waals surface area contributed by atoms with Crippen molar-refractivity contribution in [2.45, 2.75) is 38.3 Å². The molecule has 1 N–H and O–H groups in total. The molecule has 1 aromatic rings. The third-order valence-electron chi connectivity index (χ3n) is 3.86. The van der Waals surface area contributed by atoms with Crippen LogP contribution < -0.4 is 5.32 Å². The third kappa shape index (κ3) is 1.48. The lowest BCUT2D eigenvalue weighted by Gasteiger charge is -2.22. The Kier molecular flexibility index (Phi) is 2.09. The summed E-state index contributed by atoms with van der Waals surface area (Å²) in [5.74, 6) is 3.04. The molecule has 2 nitrogen and oxygen atoms in total. The van der Waals surface area contributed by atoms with Crippen LogP contribution in [0.2, 0.25) is 0 Å². The van der Waals surface area contributed by atoms with E-state index >= 15 is 0 Å². The predicted octanol–water partition coefficient (Wildman–Crippen LogP) is 2.56. The Morgan fingerprint density at radius 3 is 3.00 bits per heavy atom. The van der Waals surface area contributed by atoms with Gasteiger partial charge < -0.3 is 9.73 Å². The topological polar surface area (TPSA) is 25.2 Å². The quantitative estimate of drug-likeness (QED) is 0.794. The lowest BCUT2D eigenvalue weighted by Crippen LogP contribution is -2.33. The molecule has 2 bridgehead atoms. The van der Waals surface area contributed by atoms with E-state index in [1.54, 1.807) is 6.26 Å². The van der Waals surface area contributed by atoms with E-state index in [0.717, 1.165) is 30.2 Å². The molecule has 0 spiro atoms. The van der Waals surface area contributed by atoms with Gasteiger partial charge in [0.1, 0.15) is 5.76 Å². The molecular weight excluding hydrogens is 174 g/mol. The Labute approximate surface area is 84.7 Å². The molecular formula is C12H17NO. The van der Waals surface area contributed by atoms with Crippen LogP contribution in [-0.2, 0) is 6.54 Å².